The minimum absolute atomic E-state index is 0.133. The van der Waals surface area contributed by atoms with Crippen LogP contribution in [-0.2, 0) is 6.61 Å². The van der Waals surface area contributed by atoms with E-state index in [2.05, 4.69) is 26.0 Å². The van der Waals surface area contributed by atoms with Crippen LogP contribution in [-0.4, -0.2) is 16.6 Å². The Labute approximate surface area is 94.3 Å². The molecule has 0 radical (unpaired) electrons. The third-order valence-corrected chi connectivity index (χ3v) is 3.81. The van der Waals surface area contributed by atoms with E-state index in [1.807, 2.05) is 29.6 Å². The zero-order valence-electron chi connectivity index (χ0n) is 8.62. The molecule has 1 rings (SSSR count). The molecule has 78 valence electrons. The highest BCUT2D eigenvalue weighted by Gasteiger charge is 2.03. The van der Waals surface area contributed by atoms with Crippen LogP contribution >= 0.6 is 23.5 Å². The molecule has 0 unspecified atom stereocenters. The first-order chi connectivity index (χ1) is 6.81. The van der Waals surface area contributed by atoms with Gasteiger partial charge in [0.05, 0.1) is 6.61 Å². The number of benzene rings is 1. The highest BCUT2D eigenvalue weighted by atomic mass is 32.2. The number of hydrogen-bond acceptors (Lipinski definition) is 3. The summed E-state index contributed by atoms with van der Waals surface area (Å²) in [5, 5.41) is 9.03. The Bertz CT molecular complexity index is 287. The van der Waals surface area contributed by atoms with Crippen molar-refractivity contribution in [3.8, 4) is 0 Å². The molecular formula is C11H16OS2. The van der Waals surface area contributed by atoms with Gasteiger partial charge in [0.1, 0.15) is 0 Å². The molecule has 1 aromatic carbocycles. The number of rotatable bonds is 5. The molecule has 0 spiro atoms. The highest BCUT2D eigenvalue weighted by Crippen LogP contribution is 2.31. The quantitative estimate of drug-likeness (QED) is 0.780. The molecule has 3 heteroatoms. The van der Waals surface area contributed by atoms with Gasteiger partial charge in [-0.05, 0) is 29.2 Å². The summed E-state index contributed by atoms with van der Waals surface area (Å²) in [6.07, 6.45) is 0. The molecule has 0 saturated heterocycles. The van der Waals surface area contributed by atoms with Crippen LogP contribution in [0.4, 0.5) is 0 Å². The van der Waals surface area contributed by atoms with E-state index in [4.69, 9.17) is 5.11 Å². The third kappa shape index (κ3) is 3.23. The molecule has 0 amide bonds. The van der Waals surface area contributed by atoms with Crippen LogP contribution in [0, 0.1) is 0 Å². The van der Waals surface area contributed by atoms with Crippen LogP contribution < -0.4 is 0 Å². The van der Waals surface area contributed by atoms with Crippen molar-refractivity contribution in [2.45, 2.75) is 30.2 Å². The zero-order valence-corrected chi connectivity index (χ0v) is 10.3. The molecule has 1 aromatic rings. The summed E-state index contributed by atoms with van der Waals surface area (Å²) in [4.78, 5) is 2.63. The second-order valence-electron chi connectivity index (χ2n) is 2.81. The van der Waals surface area contributed by atoms with Gasteiger partial charge in [-0.3, -0.25) is 0 Å². The van der Waals surface area contributed by atoms with Crippen LogP contribution in [0.15, 0.2) is 28.0 Å². The van der Waals surface area contributed by atoms with E-state index >= 15 is 0 Å². The number of thioether (sulfide) groups is 2. The van der Waals surface area contributed by atoms with Gasteiger partial charge in [0.25, 0.3) is 0 Å². The predicted molar refractivity (Wildman–Crippen MR) is 65.2 cm³/mol. The summed E-state index contributed by atoms with van der Waals surface area (Å²) >= 11 is 3.70. The molecule has 0 bridgehead atoms. The Morgan fingerprint density at radius 2 is 1.71 bits per heavy atom. The van der Waals surface area contributed by atoms with Gasteiger partial charge in [0, 0.05) is 9.79 Å². The summed E-state index contributed by atoms with van der Waals surface area (Å²) in [7, 11) is 0. The molecule has 1 nitrogen and oxygen atoms in total. The first kappa shape index (κ1) is 12.0. The Kier molecular flexibility index (Phi) is 5.45. The Morgan fingerprint density at radius 3 is 2.29 bits per heavy atom. The van der Waals surface area contributed by atoms with Crippen LogP contribution in [0.1, 0.15) is 19.4 Å². The molecule has 0 aliphatic heterocycles. The van der Waals surface area contributed by atoms with E-state index in [0.717, 1.165) is 17.1 Å². The van der Waals surface area contributed by atoms with E-state index in [1.54, 1.807) is 0 Å². The van der Waals surface area contributed by atoms with Crippen molar-refractivity contribution in [3.05, 3.63) is 23.8 Å². The lowest BCUT2D eigenvalue weighted by atomic mass is 10.2. The minimum Gasteiger partial charge on any atom is -0.392 e. The van der Waals surface area contributed by atoms with Gasteiger partial charge < -0.3 is 5.11 Å². The standard InChI is InChI=1S/C11H16OS2/c1-3-13-10-6-5-9(8-12)7-11(10)14-4-2/h5-7,12H,3-4,8H2,1-2H3. The van der Waals surface area contributed by atoms with Crippen molar-refractivity contribution < 1.29 is 5.11 Å². The lowest BCUT2D eigenvalue weighted by Gasteiger charge is -2.08. The maximum Gasteiger partial charge on any atom is 0.0682 e. The summed E-state index contributed by atoms with van der Waals surface area (Å²) in [5.41, 5.74) is 1.00. The van der Waals surface area contributed by atoms with Crippen LogP contribution in [0.5, 0.6) is 0 Å². The van der Waals surface area contributed by atoms with Crippen molar-refractivity contribution in [3.63, 3.8) is 0 Å². The van der Waals surface area contributed by atoms with Gasteiger partial charge in [-0.25, -0.2) is 0 Å². The Hall–Kier alpha value is -0.120. The minimum atomic E-state index is 0.133. The summed E-state index contributed by atoms with van der Waals surface area (Å²) < 4.78 is 0. The SMILES string of the molecule is CCSc1ccc(CO)cc1SCC. The van der Waals surface area contributed by atoms with Crippen molar-refractivity contribution >= 4 is 23.5 Å². The largest absolute Gasteiger partial charge is 0.392 e. The summed E-state index contributed by atoms with van der Waals surface area (Å²) in [6.45, 7) is 4.44. The predicted octanol–water partition coefficient (Wildman–Crippen LogP) is 3.40. The molecule has 0 saturated carbocycles. The lowest BCUT2D eigenvalue weighted by molar-refractivity contribution is 0.281. The van der Waals surface area contributed by atoms with Gasteiger partial charge in [-0.2, -0.15) is 0 Å². The average molecular weight is 228 g/mol. The Morgan fingerprint density at radius 1 is 1.07 bits per heavy atom. The number of hydrogen-bond donors (Lipinski definition) is 1. The topological polar surface area (TPSA) is 20.2 Å². The molecule has 0 aliphatic rings. The first-order valence-electron chi connectivity index (χ1n) is 4.81. The van der Waals surface area contributed by atoms with E-state index < -0.39 is 0 Å². The van der Waals surface area contributed by atoms with Crippen molar-refractivity contribution in [2.24, 2.45) is 0 Å². The monoisotopic (exact) mass is 228 g/mol. The maximum atomic E-state index is 9.03. The summed E-state index contributed by atoms with van der Waals surface area (Å²) in [5.74, 6) is 2.17. The van der Waals surface area contributed by atoms with Gasteiger partial charge in [0.15, 0.2) is 0 Å². The van der Waals surface area contributed by atoms with E-state index in [9.17, 15) is 0 Å². The molecule has 14 heavy (non-hydrogen) atoms. The molecule has 0 fully saturated rings. The van der Waals surface area contributed by atoms with Crippen LogP contribution in [0.3, 0.4) is 0 Å². The number of aliphatic hydroxyl groups is 1. The maximum absolute atomic E-state index is 9.03. The van der Waals surface area contributed by atoms with E-state index in [-0.39, 0.29) is 6.61 Å². The second-order valence-corrected chi connectivity index (χ2v) is 5.42. The van der Waals surface area contributed by atoms with Crippen molar-refractivity contribution in [1.29, 1.82) is 0 Å². The fourth-order valence-electron chi connectivity index (χ4n) is 1.19. The van der Waals surface area contributed by atoms with E-state index in [0.29, 0.717) is 0 Å². The van der Waals surface area contributed by atoms with Crippen molar-refractivity contribution in [2.75, 3.05) is 11.5 Å². The van der Waals surface area contributed by atoms with Gasteiger partial charge in [0.2, 0.25) is 0 Å². The normalized spacial score (nSPS) is 10.5. The molecule has 0 aromatic heterocycles. The van der Waals surface area contributed by atoms with Crippen molar-refractivity contribution in [1.82, 2.24) is 0 Å². The fraction of sp³-hybridized carbons (Fsp3) is 0.455. The van der Waals surface area contributed by atoms with Gasteiger partial charge >= 0.3 is 0 Å². The molecular weight excluding hydrogens is 212 g/mol. The average Bonchev–Trinajstić information content (AvgIpc) is 2.21. The van der Waals surface area contributed by atoms with Gasteiger partial charge in [-0.1, -0.05) is 19.9 Å². The van der Waals surface area contributed by atoms with Gasteiger partial charge in [-0.15, -0.1) is 23.5 Å². The summed E-state index contributed by atoms with van der Waals surface area (Å²) in [6, 6.07) is 6.20. The van der Waals surface area contributed by atoms with E-state index in [1.165, 1.54) is 9.79 Å². The lowest BCUT2D eigenvalue weighted by Crippen LogP contribution is -1.87. The smallest absolute Gasteiger partial charge is 0.0682 e. The molecule has 0 atom stereocenters. The highest BCUT2D eigenvalue weighted by molar-refractivity contribution is 8.02. The third-order valence-electron chi connectivity index (χ3n) is 1.79. The first-order valence-corrected chi connectivity index (χ1v) is 6.78. The zero-order chi connectivity index (χ0) is 10.4. The molecule has 1 N–H and O–H groups in total. The fourth-order valence-corrected chi connectivity index (χ4v) is 2.98. The molecule has 0 aliphatic carbocycles. The van der Waals surface area contributed by atoms with Crippen LogP contribution in [0.25, 0.3) is 0 Å². The van der Waals surface area contributed by atoms with Crippen LogP contribution in [0.2, 0.25) is 0 Å². The molecule has 0 heterocycles. The second kappa shape index (κ2) is 6.38. The Balaban J connectivity index is 2.91. The number of aliphatic hydroxyl groups excluding tert-OH is 1.